The highest BCUT2D eigenvalue weighted by Crippen LogP contribution is 2.10. The summed E-state index contributed by atoms with van der Waals surface area (Å²) in [6.07, 6.45) is 3.08. The molecule has 15 heavy (non-hydrogen) atoms. The fourth-order valence-corrected chi connectivity index (χ4v) is 0.953. The van der Waals surface area contributed by atoms with Crippen LogP contribution in [0.1, 0.15) is 12.6 Å². The highest BCUT2D eigenvalue weighted by Gasteiger charge is 2.30. The Bertz CT molecular complexity index is 352. The van der Waals surface area contributed by atoms with Crippen LogP contribution in [-0.4, -0.2) is 22.1 Å². The molecule has 1 unspecified atom stereocenters. The fourth-order valence-electron chi connectivity index (χ4n) is 0.886. The normalized spacial score (nSPS) is 14.0. The second-order valence-electron chi connectivity index (χ2n) is 3.11. The molecule has 5 heteroatoms. The van der Waals surface area contributed by atoms with Gasteiger partial charge in [-0.1, -0.05) is 17.7 Å². The number of halogens is 1. The molecule has 0 aromatic carbocycles. The molecule has 0 aliphatic rings. The van der Waals surface area contributed by atoms with E-state index in [9.17, 15) is 9.59 Å². The Kier molecular flexibility index (Phi) is 3.80. The number of carbonyl (C=O) groups is 1. The van der Waals surface area contributed by atoms with Gasteiger partial charge < -0.3 is 5.32 Å². The van der Waals surface area contributed by atoms with Crippen molar-refractivity contribution in [3.05, 3.63) is 30.1 Å². The molecule has 0 fully saturated rings. The van der Waals surface area contributed by atoms with Crippen molar-refractivity contribution in [1.29, 1.82) is 0 Å². The van der Waals surface area contributed by atoms with Crippen LogP contribution in [0.2, 0.25) is 0 Å². The second-order valence-corrected chi connectivity index (χ2v) is 3.86. The number of carbonyl (C=O) groups excluding carboxylic acids is 2. The summed E-state index contributed by atoms with van der Waals surface area (Å²) in [5.41, 5.74) is 0.698. The van der Waals surface area contributed by atoms with Crippen LogP contribution in [0.15, 0.2) is 24.4 Å². The molecule has 1 aromatic rings. The maximum atomic E-state index is 11.3. The number of amides is 1. The number of pyridine rings is 1. The smallest absolute Gasteiger partial charge is 0.249 e. The van der Waals surface area contributed by atoms with Gasteiger partial charge in [0.05, 0.1) is 12.2 Å². The predicted octanol–water partition coefficient (Wildman–Crippen LogP) is 0.805. The van der Waals surface area contributed by atoms with E-state index in [0.29, 0.717) is 5.69 Å². The molecule has 0 aliphatic heterocycles. The first-order valence-electron chi connectivity index (χ1n) is 4.32. The third-order valence-corrected chi connectivity index (χ3v) is 2.02. The summed E-state index contributed by atoms with van der Waals surface area (Å²) in [5, 5.41) is 2.49. The maximum absolute atomic E-state index is 11.3. The molecule has 1 heterocycles. The van der Waals surface area contributed by atoms with Gasteiger partial charge in [-0.2, -0.15) is 0 Å². The van der Waals surface area contributed by atoms with Crippen LogP contribution in [0.25, 0.3) is 0 Å². The SMILES string of the molecule is CC(Cl)([C]=O)C(=O)NCc1ccccn1. The Morgan fingerprint density at radius 1 is 1.67 bits per heavy atom. The molecule has 79 valence electrons. The molecule has 1 radical (unpaired) electrons. The van der Waals surface area contributed by atoms with E-state index in [2.05, 4.69) is 10.3 Å². The van der Waals surface area contributed by atoms with Gasteiger partial charge in [0.25, 0.3) is 0 Å². The summed E-state index contributed by atoms with van der Waals surface area (Å²) in [6, 6.07) is 5.34. The summed E-state index contributed by atoms with van der Waals surface area (Å²) >= 11 is 5.58. The highest BCUT2D eigenvalue weighted by atomic mass is 35.5. The van der Waals surface area contributed by atoms with Gasteiger partial charge in [0.1, 0.15) is 0 Å². The van der Waals surface area contributed by atoms with Gasteiger partial charge in [-0.25, -0.2) is 0 Å². The Morgan fingerprint density at radius 3 is 2.93 bits per heavy atom. The summed E-state index contributed by atoms with van der Waals surface area (Å²) in [6.45, 7) is 1.53. The van der Waals surface area contributed by atoms with Crippen molar-refractivity contribution in [3.8, 4) is 0 Å². The summed E-state index contributed by atoms with van der Waals surface area (Å²) in [7, 11) is 0. The molecule has 4 nitrogen and oxygen atoms in total. The van der Waals surface area contributed by atoms with E-state index in [1.165, 1.54) is 13.2 Å². The number of hydrogen-bond acceptors (Lipinski definition) is 3. The van der Waals surface area contributed by atoms with E-state index in [4.69, 9.17) is 11.6 Å². The van der Waals surface area contributed by atoms with Crippen molar-refractivity contribution in [2.24, 2.45) is 0 Å². The highest BCUT2D eigenvalue weighted by molar-refractivity contribution is 6.42. The number of rotatable bonds is 4. The molecule has 1 aromatic heterocycles. The topological polar surface area (TPSA) is 59.1 Å². The van der Waals surface area contributed by atoms with Crippen LogP contribution in [0, 0.1) is 0 Å². The largest absolute Gasteiger partial charge is 0.349 e. The minimum Gasteiger partial charge on any atom is -0.349 e. The lowest BCUT2D eigenvalue weighted by Gasteiger charge is -2.12. The molecule has 0 saturated heterocycles. The quantitative estimate of drug-likeness (QED) is 0.609. The van der Waals surface area contributed by atoms with E-state index < -0.39 is 10.8 Å². The molecule has 0 bridgehead atoms. The molecule has 1 N–H and O–H groups in total. The summed E-state index contributed by atoms with van der Waals surface area (Å²) in [4.78, 5) is 24.1. The van der Waals surface area contributed by atoms with E-state index in [0.717, 1.165) is 0 Å². The molecule has 1 rings (SSSR count). The molecular weight excluding hydrogens is 216 g/mol. The Labute approximate surface area is 92.7 Å². The average molecular weight is 226 g/mol. The molecule has 0 saturated carbocycles. The van der Waals surface area contributed by atoms with Crippen LogP contribution in [0.3, 0.4) is 0 Å². The maximum Gasteiger partial charge on any atom is 0.249 e. The van der Waals surface area contributed by atoms with E-state index in [-0.39, 0.29) is 6.54 Å². The van der Waals surface area contributed by atoms with E-state index in [1.54, 1.807) is 24.4 Å². The second kappa shape index (κ2) is 4.89. The van der Waals surface area contributed by atoms with Crippen molar-refractivity contribution < 1.29 is 9.59 Å². The van der Waals surface area contributed by atoms with Crippen LogP contribution >= 0.6 is 11.6 Å². The van der Waals surface area contributed by atoms with Gasteiger partial charge in [-0.3, -0.25) is 14.6 Å². The lowest BCUT2D eigenvalue weighted by Crippen LogP contribution is -2.41. The summed E-state index contributed by atoms with van der Waals surface area (Å²) < 4.78 is 0. The van der Waals surface area contributed by atoms with Crippen molar-refractivity contribution in [1.82, 2.24) is 10.3 Å². The van der Waals surface area contributed by atoms with Crippen LogP contribution in [0.4, 0.5) is 0 Å². The average Bonchev–Trinajstić information content (AvgIpc) is 2.27. The van der Waals surface area contributed by atoms with E-state index in [1.807, 2.05) is 0 Å². The number of hydrogen-bond donors (Lipinski definition) is 1. The Balaban J connectivity index is 2.52. The zero-order valence-corrected chi connectivity index (χ0v) is 8.91. The fraction of sp³-hybridized carbons (Fsp3) is 0.300. The third kappa shape index (κ3) is 3.32. The minimum atomic E-state index is -1.63. The number of alkyl halides is 1. The molecule has 1 atom stereocenters. The lowest BCUT2D eigenvalue weighted by atomic mass is 10.2. The van der Waals surface area contributed by atoms with Gasteiger partial charge in [0.15, 0.2) is 4.87 Å². The zero-order valence-electron chi connectivity index (χ0n) is 8.16. The van der Waals surface area contributed by atoms with Crippen LogP contribution in [-0.2, 0) is 16.1 Å². The third-order valence-electron chi connectivity index (χ3n) is 1.77. The lowest BCUT2D eigenvalue weighted by molar-refractivity contribution is -0.121. The number of nitrogens with one attached hydrogen (secondary N) is 1. The van der Waals surface area contributed by atoms with E-state index >= 15 is 0 Å². The predicted molar refractivity (Wildman–Crippen MR) is 56.0 cm³/mol. The van der Waals surface area contributed by atoms with Gasteiger partial charge in [0.2, 0.25) is 12.2 Å². The standard InChI is InChI=1S/C10H10ClN2O2/c1-10(11,7-14)9(15)13-6-8-4-2-3-5-12-8/h2-5H,6H2,1H3,(H,13,15). The molecule has 0 aliphatic carbocycles. The number of aromatic nitrogens is 1. The Hall–Kier alpha value is -1.42. The van der Waals surface area contributed by atoms with Crippen molar-refractivity contribution in [2.75, 3.05) is 0 Å². The van der Waals surface area contributed by atoms with Crippen molar-refractivity contribution in [3.63, 3.8) is 0 Å². The molecular formula is C10H10ClN2O2. The van der Waals surface area contributed by atoms with Crippen LogP contribution < -0.4 is 5.32 Å². The monoisotopic (exact) mass is 225 g/mol. The number of nitrogens with zero attached hydrogens (tertiary/aromatic N) is 1. The van der Waals surface area contributed by atoms with Gasteiger partial charge in [0, 0.05) is 6.20 Å². The van der Waals surface area contributed by atoms with Gasteiger partial charge >= 0.3 is 0 Å². The first kappa shape index (κ1) is 11.7. The first-order valence-corrected chi connectivity index (χ1v) is 4.70. The molecule has 0 spiro atoms. The Morgan fingerprint density at radius 2 is 2.40 bits per heavy atom. The molecule has 1 amide bonds. The first-order chi connectivity index (χ1) is 7.06. The van der Waals surface area contributed by atoms with Gasteiger partial charge in [-0.05, 0) is 19.1 Å². The zero-order chi connectivity index (χ0) is 11.3. The van der Waals surface area contributed by atoms with Crippen molar-refractivity contribution >= 4 is 23.8 Å². The minimum absolute atomic E-state index is 0.240. The summed E-state index contributed by atoms with van der Waals surface area (Å²) in [5.74, 6) is -0.579. The van der Waals surface area contributed by atoms with Crippen molar-refractivity contribution in [2.45, 2.75) is 18.3 Å². The van der Waals surface area contributed by atoms with Gasteiger partial charge in [-0.15, -0.1) is 0 Å². The van der Waals surface area contributed by atoms with Crippen LogP contribution in [0.5, 0.6) is 0 Å².